The van der Waals surface area contributed by atoms with Crippen LogP contribution in [0.2, 0.25) is 0 Å². The van der Waals surface area contributed by atoms with Gasteiger partial charge in [0.1, 0.15) is 0 Å². The fraction of sp³-hybridized carbons (Fsp3) is 0.200. The minimum Gasteiger partial charge on any atom is -0.203 e. The third-order valence-corrected chi connectivity index (χ3v) is 4.93. The summed E-state index contributed by atoms with van der Waals surface area (Å²) in [6, 6.07) is 13.1. The molecule has 0 unspecified atom stereocenters. The third-order valence-electron chi connectivity index (χ3n) is 4.93. The first-order valence-corrected chi connectivity index (χ1v) is 9.68. The van der Waals surface area contributed by atoms with E-state index in [1.807, 2.05) is 6.92 Å². The Kier molecular flexibility index (Phi) is 6.53. The summed E-state index contributed by atoms with van der Waals surface area (Å²) in [7, 11) is 0. The lowest BCUT2D eigenvalue weighted by molar-refractivity contribution is 0.496. The molecule has 0 aromatic heterocycles. The van der Waals surface area contributed by atoms with E-state index in [4.69, 9.17) is 0 Å². The monoisotopic (exact) mass is 398 g/mol. The third kappa shape index (κ3) is 4.42. The first-order valence-electron chi connectivity index (χ1n) is 9.68. The van der Waals surface area contributed by atoms with Crippen molar-refractivity contribution in [1.29, 1.82) is 0 Å². The molecule has 3 aromatic rings. The van der Waals surface area contributed by atoms with E-state index in [1.54, 1.807) is 61.5 Å². The van der Waals surface area contributed by atoms with E-state index in [-0.39, 0.29) is 11.1 Å². The van der Waals surface area contributed by atoms with Crippen LogP contribution in [0, 0.1) is 23.3 Å². The maximum atomic E-state index is 14.3. The zero-order valence-electron chi connectivity index (χ0n) is 16.4. The molecule has 0 nitrogen and oxygen atoms in total. The Labute approximate surface area is 168 Å². The van der Waals surface area contributed by atoms with Gasteiger partial charge in [0.2, 0.25) is 0 Å². The normalized spacial score (nSPS) is 11.4. The zero-order chi connectivity index (χ0) is 21.0. The molecule has 4 heteroatoms. The molecule has 0 saturated heterocycles. The number of rotatable bonds is 6. The van der Waals surface area contributed by atoms with Crippen molar-refractivity contribution < 1.29 is 17.6 Å². The second kappa shape index (κ2) is 9.08. The molecule has 0 atom stereocenters. The molecular weight excluding hydrogens is 376 g/mol. The molecule has 0 amide bonds. The highest BCUT2D eigenvalue weighted by Crippen LogP contribution is 2.27. The Balaban J connectivity index is 1.83. The molecular formula is C25H22F4. The van der Waals surface area contributed by atoms with Crippen LogP contribution in [0.4, 0.5) is 17.6 Å². The lowest BCUT2D eigenvalue weighted by atomic mass is 10.00. The van der Waals surface area contributed by atoms with Gasteiger partial charge in [-0.1, -0.05) is 81.0 Å². The van der Waals surface area contributed by atoms with Gasteiger partial charge in [-0.2, -0.15) is 0 Å². The number of hydrogen-bond acceptors (Lipinski definition) is 0. The second-order valence-corrected chi connectivity index (χ2v) is 6.90. The van der Waals surface area contributed by atoms with Gasteiger partial charge in [-0.3, -0.25) is 0 Å². The van der Waals surface area contributed by atoms with Crippen LogP contribution < -0.4 is 0 Å². The van der Waals surface area contributed by atoms with Crippen molar-refractivity contribution >= 4 is 12.2 Å². The molecule has 0 fully saturated rings. The molecule has 0 saturated carbocycles. The Bertz CT molecular complexity index is 1030. The van der Waals surface area contributed by atoms with Crippen molar-refractivity contribution in [3.05, 3.63) is 94.1 Å². The number of hydrogen-bond donors (Lipinski definition) is 0. The van der Waals surface area contributed by atoms with Crippen LogP contribution in [-0.4, -0.2) is 0 Å². The molecule has 29 heavy (non-hydrogen) atoms. The Morgan fingerprint density at radius 2 is 1.31 bits per heavy atom. The summed E-state index contributed by atoms with van der Waals surface area (Å²) < 4.78 is 56.6. The van der Waals surface area contributed by atoms with Gasteiger partial charge in [-0.25, -0.2) is 17.6 Å². The summed E-state index contributed by atoms with van der Waals surface area (Å²) in [5, 5.41) is 0. The molecule has 3 rings (SSSR count). The van der Waals surface area contributed by atoms with E-state index in [0.29, 0.717) is 29.5 Å². The van der Waals surface area contributed by atoms with Crippen molar-refractivity contribution in [2.24, 2.45) is 0 Å². The Morgan fingerprint density at radius 1 is 0.655 bits per heavy atom. The van der Waals surface area contributed by atoms with Gasteiger partial charge in [-0.05, 0) is 35.1 Å². The van der Waals surface area contributed by atoms with E-state index in [2.05, 4.69) is 0 Å². The number of benzene rings is 3. The summed E-state index contributed by atoms with van der Waals surface area (Å²) in [5.74, 6) is -3.36. The Morgan fingerprint density at radius 3 is 1.97 bits per heavy atom. The van der Waals surface area contributed by atoms with Crippen LogP contribution >= 0.6 is 0 Å². The maximum absolute atomic E-state index is 14.3. The van der Waals surface area contributed by atoms with Crippen LogP contribution in [0.5, 0.6) is 0 Å². The average Bonchev–Trinajstić information content (AvgIpc) is 2.73. The quantitative estimate of drug-likeness (QED) is 0.296. The molecule has 3 aromatic carbocycles. The molecule has 0 aliphatic heterocycles. The van der Waals surface area contributed by atoms with Crippen LogP contribution in [-0.2, 0) is 12.8 Å². The topological polar surface area (TPSA) is 0 Å². The van der Waals surface area contributed by atoms with Gasteiger partial charge >= 0.3 is 0 Å². The van der Waals surface area contributed by atoms with Crippen LogP contribution in [0.15, 0.2) is 48.5 Å². The minimum absolute atomic E-state index is 0.162. The Hall–Kier alpha value is -2.88. The molecule has 0 radical (unpaired) electrons. The minimum atomic E-state index is -0.864. The van der Waals surface area contributed by atoms with Crippen molar-refractivity contribution in [3.8, 4) is 11.1 Å². The van der Waals surface area contributed by atoms with Crippen LogP contribution in [0.3, 0.4) is 0 Å². The molecule has 150 valence electrons. The van der Waals surface area contributed by atoms with E-state index >= 15 is 0 Å². The first-order chi connectivity index (χ1) is 14.0. The van der Waals surface area contributed by atoms with Crippen molar-refractivity contribution in [1.82, 2.24) is 0 Å². The summed E-state index contributed by atoms with van der Waals surface area (Å²) in [6.45, 7) is 3.68. The highest BCUT2D eigenvalue weighted by molar-refractivity contribution is 5.72. The number of aryl methyl sites for hydroxylation is 2. The van der Waals surface area contributed by atoms with Gasteiger partial charge in [0, 0.05) is 11.1 Å². The van der Waals surface area contributed by atoms with Gasteiger partial charge in [0.15, 0.2) is 23.3 Å². The first kappa shape index (κ1) is 20.8. The molecule has 0 heterocycles. The summed E-state index contributed by atoms with van der Waals surface area (Å²) >= 11 is 0. The summed E-state index contributed by atoms with van der Waals surface area (Å²) in [4.78, 5) is 0. The van der Waals surface area contributed by atoms with Gasteiger partial charge in [0.05, 0.1) is 0 Å². The molecule has 0 bridgehead atoms. The summed E-state index contributed by atoms with van der Waals surface area (Å²) in [5.41, 5.74) is 2.34. The van der Waals surface area contributed by atoms with Crippen molar-refractivity contribution in [2.45, 2.75) is 33.1 Å². The average molecular weight is 398 g/mol. The van der Waals surface area contributed by atoms with E-state index in [0.717, 1.165) is 12.0 Å². The summed E-state index contributed by atoms with van der Waals surface area (Å²) in [6.07, 6.45) is 4.80. The fourth-order valence-corrected chi connectivity index (χ4v) is 3.24. The smallest absolute Gasteiger partial charge is 0.166 e. The van der Waals surface area contributed by atoms with E-state index in [1.165, 1.54) is 6.08 Å². The SMILES string of the molecule is CCCc1ccc(C=Cc2ccc(-c3ccc(CC)c(F)c3F)cc2)c(F)c1F. The second-order valence-electron chi connectivity index (χ2n) is 6.90. The predicted molar refractivity (Wildman–Crippen MR) is 110 cm³/mol. The van der Waals surface area contributed by atoms with Gasteiger partial charge in [-0.15, -0.1) is 0 Å². The molecule has 0 spiro atoms. The molecule has 0 N–H and O–H groups in total. The standard InChI is InChI=1S/C25H22F4/c1-3-5-19-12-13-20(24(28)23(19)27)11-8-16-6-9-18(10-7-16)21-15-14-17(4-2)22(26)25(21)29/h6-15H,3-5H2,1-2H3. The zero-order valence-corrected chi connectivity index (χ0v) is 16.4. The lowest BCUT2D eigenvalue weighted by Crippen LogP contribution is -1.96. The molecule has 0 aliphatic rings. The highest BCUT2D eigenvalue weighted by atomic mass is 19.2. The van der Waals surface area contributed by atoms with Crippen molar-refractivity contribution in [3.63, 3.8) is 0 Å². The molecule has 0 aliphatic carbocycles. The number of halogens is 4. The largest absolute Gasteiger partial charge is 0.203 e. The van der Waals surface area contributed by atoms with Gasteiger partial charge < -0.3 is 0 Å². The fourth-order valence-electron chi connectivity index (χ4n) is 3.24. The van der Waals surface area contributed by atoms with E-state index < -0.39 is 23.3 Å². The highest BCUT2D eigenvalue weighted by Gasteiger charge is 2.14. The lowest BCUT2D eigenvalue weighted by Gasteiger charge is -2.08. The predicted octanol–water partition coefficient (Wildman–Crippen LogP) is 7.60. The van der Waals surface area contributed by atoms with E-state index in [9.17, 15) is 17.6 Å². The van der Waals surface area contributed by atoms with Crippen LogP contribution in [0.1, 0.15) is 42.5 Å². The van der Waals surface area contributed by atoms with Gasteiger partial charge in [0.25, 0.3) is 0 Å². The van der Waals surface area contributed by atoms with Crippen LogP contribution in [0.25, 0.3) is 23.3 Å². The van der Waals surface area contributed by atoms with Crippen molar-refractivity contribution in [2.75, 3.05) is 0 Å². The maximum Gasteiger partial charge on any atom is 0.166 e.